The molecule has 0 aromatic rings. The first-order valence-electron chi connectivity index (χ1n) is 32.0. The number of hydrogen-bond acceptors (Lipinski definition) is 13. The Bertz CT molecular complexity index is 2470. The van der Waals surface area contributed by atoms with Crippen LogP contribution in [0.2, 0.25) is 0 Å². The number of esters is 1. The zero-order valence-corrected chi connectivity index (χ0v) is 57.6. The zero-order chi connectivity index (χ0) is 69.0. The summed E-state index contributed by atoms with van der Waals surface area (Å²) in [6, 6.07) is -12.7. The molecule has 11 amide bonds. The molecule has 1 aliphatic heterocycles. The average molecular weight is 1250 g/mol. The third kappa shape index (κ3) is 22.5. The van der Waals surface area contributed by atoms with Crippen LogP contribution in [0, 0.1) is 41.4 Å². The van der Waals surface area contributed by atoms with E-state index in [0.717, 1.165) is 16.7 Å². The van der Waals surface area contributed by atoms with Crippen molar-refractivity contribution in [2.45, 2.75) is 230 Å². The maximum atomic E-state index is 15.4. The van der Waals surface area contributed by atoms with Gasteiger partial charge >= 0.3 is 5.97 Å². The predicted molar refractivity (Wildman–Crippen MR) is 338 cm³/mol. The van der Waals surface area contributed by atoms with Crippen molar-refractivity contribution in [1.29, 1.82) is 0 Å². The van der Waals surface area contributed by atoms with Gasteiger partial charge in [-0.05, 0) is 101 Å². The molecule has 502 valence electrons. The molecule has 1 rings (SSSR count). The van der Waals surface area contributed by atoms with Crippen molar-refractivity contribution >= 4 is 70.9 Å². The maximum Gasteiger partial charge on any atom is 0.303 e. The summed E-state index contributed by atoms with van der Waals surface area (Å²) in [6.45, 7) is 28.4. The fourth-order valence-electron chi connectivity index (χ4n) is 11.0. The molecule has 1 aliphatic rings. The van der Waals surface area contributed by atoms with Crippen molar-refractivity contribution in [2.24, 2.45) is 41.4 Å². The van der Waals surface area contributed by atoms with Crippen LogP contribution in [0.1, 0.15) is 164 Å². The van der Waals surface area contributed by atoms with Crippen LogP contribution in [-0.2, 0) is 62.3 Å². The van der Waals surface area contributed by atoms with Gasteiger partial charge in [0.2, 0.25) is 65.0 Å². The number of allylic oxidation sites excluding steroid dienone is 2. The first-order valence-corrected chi connectivity index (χ1v) is 31.3. The Hall–Kier alpha value is -6.62. The first-order chi connectivity index (χ1) is 41.1. The van der Waals surface area contributed by atoms with Crippen molar-refractivity contribution < 1.29 is 63.6 Å². The topological polar surface area (TPSA) is 285 Å². The molecule has 24 heteroatoms. The monoisotopic (exact) mass is 1250 g/mol. The largest absolute Gasteiger partial charge is 0.459 e. The van der Waals surface area contributed by atoms with Crippen molar-refractivity contribution in [3.8, 4) is 0 Å². The van der Waals surface area contributed by atoms with Gasteiger partial charge in [0.05, 0.1) is 6.54 Å². The minimum atomic E-state index is -1.65. The van der Waals surface area contributed by atoms with E-state index in [2.05, 4.69) is 21.3 Å². The molecule has 0 aromatic carbocycles. The quantitative estimate of drug-likeness (QED) is 0.126. The molecule has 1 saturated heterocycles. The number of carbonyl (C=O) groups excluding carboxylic acids is 12. The molecule has 88 heavy (non-hydrogen) atoms. The molecular formula is C64H113N11O13. The lowest BCUT2D eigenvalue weighted by Crippen LogP contribution is -2.64. The SMILES string of the molecule is [3H]C/C=C/C[C@@H](C)C(OC(C)=O)[C@H]1C(=O)N[C@@H](CC)C(=O)N(C)CC(=O)N(C)[C@@H](CC(C)C)C(=O)N[C@@H](C(C)C)C(=O)N(C)[C@@H](CC(C)C)C(=O)N[C@@H](C)C(=O)N[C@H](C)C(=O)N(C)[C@@H](CC(C)C)C(=O)N(C)[C@@H](CC(C)C)C(=O)N(C)[C@@H](C(C)C)C(=O)N1C. The highest BCUT2D eigenvalue weighted by atomic mass is 16.5. The molecule has 1 fully saturated rings. The maximum absolute atomic E-state index is 15.4. The summed E-state index contributed by atoms with van der Waals surface area (Å²) < 4.78 is 13.6. The number of amides is 11. The molecule has 0 radical (unpaired) electrons. The van der Waals surface area contributed by atoms with Crippen LogP contribution >= 0.6 is 0 Å². The van der Waals surface area contributed by atoms with E-state index in [1.807, 2.05) is 55.4 Å². The molecule has 1 unspecified atom stereocenters. The summed E-state index contributed by atoms with van der Waals surface area (Å²) in [6.07, 6.45) is 2.58. The molecule has 4 N–H and O–H groups in total. The summed E-state index contributed by atoms with van der Waals surface area (Å²) in [5, 5.41) is 11.0. The van der Waals surface area contributed by atoms with E-state index in [-0.39, 0.29) is 69.1 Å². The van der Waals surface area contributed by atoms with Gasteiger partial charge in [0.25, 0.3) is 0 Å². The van der Waals surface area contributed by atoms with E-state index in [0.29, 0.717) is 0 Å². The number of hydrogen-bond donors (Lipinski definition) is 4. The van der Waals surface area contributed by atoms with E-state index in [9.17, 15) is 38.4 Å². The summed E-state index contributed by atoms with van der Waals surface area (Å²) in [7, 11) is 9.81. The predicted octanol–water partition coefficient (Wildman–Crippen LogP) is 3.84. The van der Waals surface area contributed by atoms with Crippen LogP contribution in [0.4, 0.5) is 0 Å². The Labute approximate surface area is 527 Å². The lowest BCUT2D eigenvalue weighted by molar-refractivity contribution is -0.164. The second-order valence-corrected chi connectivity index (χ2v) is 26.6. The van der Waals surface area contributed by atoms with Crippen molar-refractivity contribution in [3.63, 3.8) is 0 Å². The highest BCUT2D eigenvalue weighted by Crippen LogP contribution is 2.27. The summed E-state index contributed by atoms with van der Waals surface area (Å²) >= 11 is 0. The third-order valence-electron chi connectivity index (χ3n) is 16.3. The highest BCUT2D eigenvalue weighted by molar-refractivity contribution is 5.99. The van der Waals surface area contributed by atoms with Gasteiger partial charge in [0, 0.05) is 57.6 Å². The number of ether oxygens (including phenoxy) is 1. The van der Waals surface area contributed by atoms with Crippen LogP contribution < -0.4 is 21.3 Å². The zero-order valence-electron chi connectivity index (χ0n) is 58.6. The van der Waals surface area contributed by atoms with Crippen molar-refractivity contribution in [3.05, 3.63) is 12.2 Å². The van der Waals surface area contributed by atoms with E-state index in [4.69, 9.17) is 6.11 Å². The van der Waals surface area contributed by atoms with E-state index in [1.54, 1.807) is 53.7 Å². The Balaban J connectivity index is 4.45. The second kappa shape index (κ2) is 36.1. The first kappa shape index (κ1) is 77.5. The molecule has 12 atom stereocenters. The van der Waals surface area contributed by atoms with Gasteiger partial charge < -0.3 is 60.3 Å². The Morgan fingerprint density at radius 3 is 1.40 bits per heavy atom. The molecule has 0 aromatic heterocycles. The lowest BCUT2D eigenvalue weighted by Gasteiger charge is -2.42. The number of nitrogens with one attached hydrogen (secondary N) is 4. The van der Waals surface area contributed by atoms with Crippen LogP contribution in [0.3, 0.4) is 0 Å². The van der Waals surface area contributed by atoms with Gasteiger partial charge in [-0.3, -0.25) is 57.5 Å². The van der Waals surface area contributed by atoms with Crippen LogP contribution in [0.25, 0.3) is 0 Å². The molecule has 0 bridgehead atoms. The van der Waals surface area contributed by atoms with Gasteiger partial charge in [-0.1, -0.05) is 109 Å². The minimum Gasteiger partial charge on any atom is -0.459 e. The molecule has 0 spiro atoms. The fourth-order valence-corrected chi connectivity index (χ4v) is 11.0. The number of carbonyl (C=O) groups is 12. The minimum absolute atomic E-state index is 0.0230. The molecule has 24 nitrogen and oxygen atoms in total. The van der Waals surface area contributed by atoms with Gasteiger partial charge in [-0.25, -0.2) is 0 Å². The number of rotatable bonds is 16. The molecular weight excluding hydrogens is 1130 g/mol. The average Bonchev–Trinajstić information content (AvgIpc) is 0.961. The van der Waals surface area contributed by atoms with E-state index < -0.39 is 162 Å². The van der Waals surface area contributed by atoms with Crippen LogP contribution in [-0.4, -0.2) is 228 Å². The summed E-state index contributed by atoms with van der Waals surface area (Å²) in [5.41, 5.74) is 0. The highest BCUT2D eigenvalue weighted by Gasteiger charge is 2.47. The molecule has 0 aliphatic carbocycles. The van der Waals surface area contributed by atoms with Crippen molar-refractivity contribution in [1.82, 2.24) is 55.6 Å². The van der Waals surface area contributed by atoms with Gasteiger partial charge in [0.15, 0.2) is 0 Å². The summed E-state index contributed by atoms with van der Waals surface area (Å²) in [4.78, 5) is 183. The van der Waals surface area contributed by atoms with Gasteiger partial charge in [0.1, 0.15) is 66.5 Å². The Morgan fingerprint density at radius 1 is 0.511 bits per heavy atom. The van der Waals surface area contributed by atoms with E-state index >= 15 is 19.2 Å². The Kier molecular flexibility index (Phi) is 31.8. The van der Waals surface area contributed by atoms with Gasteiger partial charge in [-0.2, -0.15) is 0 Å². The fraction of sp³-hybridized carbons (Fsp3) is 0.781. The Morgan fingerprint density at radius 2 is 0.943 bits per heavy atom. The molecule has 0 saturated carbocycles. The van der Waals surface area contributed by atoms with E-state index in [1.165, 1.54) is 87.7 Å². The van der Waals surface area contributed by atoms with Crippen molar-refractivity contribution in [2.75, 3.05) is 55.9 Å². The van der Waals surface area contributed by atoms with Gasteiger partial charge in [-0.15, -0.1) is 0 Å². The summed E-state index contributed by atoms with van der Waals surface area (Å²) in [5.74, 6) is -11.0. The normalized spacial score (nSPS) is 26.5. The number of nitrogens with zero attached hydrogens (tertiary/aromatic N) is 7. The third-order valence-corrected chi connectivity index (χ3v) is 16.3. The molecule has 1 heterocycles. The second-order valence-electron chi connectivity index (χ2n) is 26.6. The van der Waals surface area contributed by atoms with Crippen LogP contribution in [0.5, 0.6) is 0 Å². The lowest BCUT2D eigenvalue weighted by atomic mass is 9.91. The van der Waals surface area contributed by atoms with Crippen LogP contribution in [0.15, 0.2) is 12.2 Å². The smallest absolute Gasteiger partial charge is 0.303 e. The standard InChI is InChI=1S/C64H113N11O13/c1-26-28-29-41(15)54(88-44(18)76)53-58(81)67-45(27-2)60(83)69(19)34-50(77)70(20)46(30-35(3)4)57(80)68-51(39(11)12)63(86)71(21)47(31-36(5)6)56(79)65-42(16)55(78)66-43(17)59(82)72(22)48(32-37(7)8)61(84)73(23)49(33-38(9)10)62(85)74(24)52(40(13)14)64(87)75(53)25/h26,28,35-43,45-49,51-54H,27,29-34H2,1-25H3,(H,65,79)(H,66,78)(H,67,81)(H,68,80)/b28-26+/t41-,42+,43-,45+,46+,47+,48+,49+,51+,52+,53+,54?/m1/s1/i1T. The number of likely N-dealkylation sites (N-methyl/N-ethyl adjacent to an activating group) is 7.